The molecular formula is C11H15NOS2. The van der Waals surface area contributed by atoms with Crippen molar-refractivity contribution in [2.45, 2.75) is 36.3 Å². The molecule has 0 atom stereocenters. The molecular weight excluding hydrogens is 226 g/mol. The number of Topliss-reactive ketones (excluding diaryl/α,β-unsaturated/α-hetero) is 1. The number of nitrogen functional groups attached to an aromatic ring is 1. The first-order chi connectivity index (χ1) is 7.19. The fraction of sp³-hybridized carbons (Fsp3) is 0.545. The van der Waals surface area contributed by atoms with Crippen LogP contribution in [0.3, 0.4) is 0 Å². The molecule has 0 radical (unpaired) electrons. The summed E-state index contributed by atoms with van der Waals surface area (Å²) in [7, 11) is 0. The minimum atomic E-state index is 0.180. The molecule has 1 fully saturated rings. The van der Waals surface area contributed by atoms with Crippen LogP contribution in [0, 0.1) is 0 Å². The van der Waals surface area contributed by atoms with Crippen molar-refractivity contribution in [1.29, 1.82) is 0 Å². The monoisotopic (exact) mass is 241 g/mol. The summed E-state index contributed by atoms with van der Waals surface area (Å²) in [5.74, 6) is 0.807. The highest BCUT2D eigenvalue weighted by atomic mass is 32.2. The molecule has 82 valence electrons. The van der Waals surface area contributed by atoms with Crippen LogP contribution in [0.2, 0.25) is 0 Å². The van der Waals surface area contributed by atoms with Crippen LogP contribution in [0.5, 0.6) is 0 Å². The standard InChI is InChI=1S/C11H15NOS2/c1-3-7(13)10-9(12)8(6-4-5-6)11(14-2)15-10/h6H,3-5,12H2,1-2H3. The van der Waals surface area contributed by atoms with Gasteiger partial charge in [-0.25, -0.2) is 0 Å². The fourth-order valence-electron chi connectivity index (χ4n) is 1.71. The van der Waals surface area contributed by atoms with E-state index in [2.05, 4.69) is 6.26 Å². The van der Waals surface area contributed by atoms with E-state index in [4.69, 9.17) is 5.73 Å². The molecule has 1 aliphatic carbocycles. The second-order valence-electron chi connectivity index (χ2n) is 3.80. The van der Waals surface area contributed by atoms with Crippen LogP contribution in [0.4, 0.5) is 5.69 Å². The zero-order valence-electron chi connectivity index (χ0n) is 9.00. The highest BCUT2D eigenvalue weighted by Crippen LogP contribution is 2.51. The lowest BCUT2D eigenvalue weighted by Crippen LogP contribution is -1.99. The van der Waals surface area contributed by atoms with Gasteiger partial charge in [-0.2, -0.15) is 0 Å². The number of carbonyl (C=O) groups is 1. The van der Waals surface area contributed by atoms with Gasteiger partial charge in [-0.05, 0) is 25.0 Å². The first kappa shape index (κ1) is 11.0. The summed E-state index contributed by atoms with van der Waals surface area (Å²) < 4.78 is 1.24. The Kier molecular flexibility index (Phi) is 3.07. The number of anilines is 1. The van der Waals surface area contributed by atoms with E-state index >= 15 is 0 Å². The highest BCUT2D eigenvalue weighted by molar-refractivity contribution is 8.00. The van der Waals surface area contributed by atoms with E-state index in [0.29, 0.717) is 12.3 Å². The van der Waals surface area contributed by atoms with Crippen LogP contribution >= 0.6 is 23.1 Å². The average molecular weight is 241 g/mol. The van der Waals surface area contributed by atoms with Crippen LogP contribution in [0.25, 0.3) is 0 Å². The quantitative estimate of drug-likeness (QED) is 0.648. The number of nitrogens with two attached hydrogens (primary N) is 1. The normalized spacial score (nSPS) is 15.6. The van der Waals surface area contributed by atoms with Gasteiger partial charge < -0.3 is 5.73 Å². The third kappa shape index (κ3) is 1.93. The van der Waals surface area contributed by atoms with Crippen LogP contribution in [0.15, 0.2) is 4.21 Å². The van der Waals surface area contributed by atoms with E-state index in [-0.39, 0.29) is 5.78 Å². The van der Waals surface area contributed by atoms with Gasteiger partial charge in [0.1, 0.15) is 0 Å². The molecule has 0 spiro atoms. The second kappa shape index (κ2) is 4.18. The molecule has 2 N–H and O–H groups in total. The Labute approximate surface area is 98.2 Å². The van der Waals surface area contributed by atoms with Gasteiger partial charge in [-0.3, -0.25) is 4.79 Å². The number of thioether (sulfide) groups is 1. The maximum absolute atomic E-state index is 11.7. The molecule has 15 heavy (non-hydrogen) atoms. The number of carbonyl (C=O) groups excluding carboxylic acids is 1. The maximum atomic E-state index is 11.7. The minimum Gasteiger partial charge on any atom is -0.397 e. The van der Waals surface area contributed by atoms with Crippen molar-refractivity contribution in [3.8, 4) is 0 Å². The number of ketones is 1. The van der Waals surface area contributed by atoms with E-state index in [1.165, 1.54) is 22.6 Å². The molecule has 0 bridgehead atoms. The van der Waals surface area contributed by atoms with Gasteiger partial charge >= 0.3 is 0 Å². The molecule has 1 aromatic rings. The van der Waals surface area contributed by atoms with Crippen molar-refractivity contribution < 1.29 is 4.79 Å². The maximum Gasteiger partial charge on any atom is 0.174 e. The summed E-state index contributed by atoms with van der Waals surface area (Å²) in [6.45, 7) is 1.89. The summed E-state index contributed by atoms with van der Waals surface area (Å²) in [5, 5.41) is 0. The van der Waals surface area contributed by atoms with Gasteiger partial charge in [-0.15, -0.1) is 23.1 Å². The van der Waals surface area contributed by atoms with E-state index < -0.39 is 0 Å². The summed E-state index contributed by atoms with van der Waals surface area (Å²) in [5.41, 5.74) is 8.09. The molecule has 4 heteroatoms. The number of hydrogen-bond acceptors (Lipinski definition) is 4. The summed E-state index contributed by atoms with van der Waals surface area (Å²) in [4.78, 5) is 12.5. The lowest BCUT2D eigenvalue weighted by atomic mass is 10.1. The topological polar surface area (TPSA) is 43.1 Å². The Morgan fingerprint density at radius 1 is 1.60 bits per heavy atom. The van der Waals surface area contributed by atoms with Gasteiger partial charge in [0, 0.05) is 12.0 Å². The van der Waals surface area contributed by atoms with Crippen molar-refractivity contribution in [1.82, 2.24) is 0 Å². The Morgan fingerprint density at radius 3 is 2.73 bits per heavy atom. The largest absolute Gasteiger partial charge is 0.397 e. The Bertz CT molecular complexity index is 394. The molecule has 2 nitrogen and oxygen atoms in total. The number of rotatable bonds is 4. The van der Waals surface area contributed by atoms with Crippen molar-refractivity contribution in [2.24, 2.45) is 0 Å². The molecule has 0 aromatic carbocycles. The van der Waals surface area contributed by atoms with E-state index in [9.17, 15) is 4.79 Å². The molecule has 1 aliphatic rings. The van der Waals surface area contributed by atoms with Gasteiger partial charge in [0.05, 0.1) is 14.8 Å². The predicted octanol–water partition coefficient (Wildman–Crippen LogP) is 3.52. The zero-order valence-corrected chi connectivity index (χ0v) is 10.6. The third-order valence-corrected chi connectivity index (χ3v) is 5.09. The fourth-order valence-corrected chi connectivity index (χ4v) is 3.84. The predicted molar refractivity (Wildman–Crippen MR) is 67.1 cm³/mol. The van der Waals surface area contributed by atoms with E-state index in [1.807, 2.05) is 6.92 Å². The SMILES string of the molecule is CCC(=O)c1sc(SC)c(C2CC2)c1N. The number of thiophene rings is 1. The molecule has 1 saturated carbocycles. The van der Waals surface area contributed by atoms with Crippen LogP contribution in [0.1, 0.15) is 47.3 Å². The van der Waals surface area contributed by atoms with Crippen LogP contribution in [-0.2, 0) is 0 Å². The molecule has 1 heterocycles. The zero-order chi connectivity index (χ0) is 11.0. The van der Waals surface area contributed by atoms with Gasteiger partial charge in [-0.1, -0.05) is 6.92 Å². The Hall–Kier alpha value is -0.480. The third-order valence-electron chi connectivity index (χ3n) is 2.69. The number of hydrogen-bond donors (Lipinski definition) is 1. The van der Waals surface area contributed by atoms with Crippen molar-refractivity contribution >= 4 is 34.6 Å². The van der Waals surface area contributed by atoms with E-state index in [1.54, 1.807) is 23.1 Å². The van der Waals surface area contributed by atoms with Gasteiger partial charge in [0.2, 0.25) is 0 Å². The molecule has 1 aromatic heterocycles. The molecule has 0 amide bonds. The Morgan fingerprint density at radius 2 is 2.27 bits per heavy atom. The van der Waals surface area contributed by atoms with Gasteiger partial charge in [0.25, 0.3) is 0 Å². The molecule has 0 saturated heterocycles. The van der Waals surface area contributed by atoms with Crippen LogP contribution < -0.4 is 5.73 Å². The first-order valence-corrected chi connectivity index (χ1v) is 7.22. The smallest absolute Gasteiger partial charge is 0.174 e. The lowest BCUT2D eigenvalue weighted by Gasteiger charge is -2.00. The van der Waals surface area contributed by atoms with Crippen molar-refractivity contribution in [3.63, 3.8) is 0 Å². The summed E-state index contributed by atoms with van der Waals surface area (Å²) in [6.07, 6.45) is 5.06. The average Bonchev–Trinajstić information content (AvgIpc) is 3.02. The summed E-state index contributed by atoms with van der Waals surface area (Å²) >= 11 is 3.29. The van der Waals surface area contributed by atoms with Gasteiger partial charge in [0.15, 0.2) is 5.78 Å². The minimum absolute atomic E-state index is 0.180. The van der Waals surface area contributed by atoms with E-state index in [0.717, 1.165) is 10.6 Å². The summed E-state index contributed by atoms with van der Waals surface area (Å²) in [6, 6.07) is 0. The first-order valence-electron chi connectivity index (χ1n) is 5.18. The molecule has 0 aliphatic heterocycles. The Balaban J connectivity index is 2.44. The second-order valence-corrected chi connectivity index (χ2v) is 5.90. The molecule has 0 unspecified atom stereocenters. The van der Waals surface area contributed by atoms with Crippen LogP contribution in [-0.4, -0.2) is 12.0 Å². The highest BCUT2D eigenvalue weighted by Gasteiger charge is 2.32. The lowest BCUT2D eigenvalue weighted by molar-refractivity contribution is 0.0993. The molecule has 2 rings (SSSR count). The van der Waals surface area contributed by atoms with Crippen molar-refractivity contribution in [3.05, 3.63) is 10.4 Å². The van der Waals surface area contributed by atoms with Crippen molar-refractivity contribution in [2.75, 3.05) is 12.0 Å².